The first kappa shape index (κ1) is 14.6. The molecule has 0 saturated carbocycles. The van der Waals surface area contributed by atoms with Gasteiger partial charge in [0.05, 0.1) is 10.6 Å². The first-order valence-electron chi connectivity index (χ1n) is 6.29. The first-order chi connectivity index (χ1) is 8.97. The number of carbonyl (C=O) groups is 1. The van der Waals surface area contributed by atoms with Gasteiger partial charge in [0.25, 0.3) is 5.91 Å². The van der Waals surface area contributed by atoms with E-state index in [4.69, 9.17) is 23.2 Å². The van der Waals surface area contributed by atoms with E-state index in [-0.39, 0.29) is 17.1 Å². The van der Waals surface area contributed by atoms with Crippen molar-refractivity contribution in [2.75, 3.05) is 13.6 Å². The van der Waals surface area contributed by atoms with E-state index in [9.17, 15) is 4.79 Å². The van der Waals surface area contributed by atoms with Crippen LogP contribution in [0.2, 0.25) is 10.2 Å². The van der Waals surface area contributed by atoms with Crippen LogP contribution in [0.3, 0.4) is 0 Å². The fourth-order valence-electron chi connectivity index (χ4n) is 2.27. The molecule has 0 aliphatic carbocycles. The van der Waals surface area contributed by atoms with Gasteiger partial charge in [-0.3, -0.25) is 4.79 Å². The molecular weight excluding hydrogens is 285 g/mol. The molecule has 4 nitrogen and oxygen atoms in total. The van der Waals surface area contributed by atoms with E-state index in [0.29, 0.717) is 16.6 Å². The zero-order valence-corrected chi connectivity index (χ0v) is 12.5. The average molecular weight is 302 g/mol. The summed E-state index contributed by atoms with van der Waals surface area (Å²) >= 11 is 11.8. The Labute approximate surface area is 123 Å². The van der Waals surface area contributed by atoms with E-state index in [0.717, 1.165) is 19.4 Å². The topological polar surface area (TPSA) is 45.2 Å². The third-order valence-corrected chi connectivity index (χ3v) is 4.12. The third-order valence-electron chi connectivity index (χ3n) is 3.61. The molecule has 104 valence electrons. The number of aromatic nitrogens is 1. The molecule has 2 unspecified atom stereocenters. The lowest BCUT2D eigenvalue weighted by Gasteiger charge is -2.35. The number of nitrogens with one attached hydrogen (secondary N) is 1. The van der Waals surface area contributed by atoms with Gasteiger partial charge in [-0.05, 0) is 32.9 Å². The van der Waals surface area contributed by atoms with Crippen LogP contribution < -0.4 is 5.32 Å². The predicted molar refractivity (Wildman–Crippen MR) is 76.8 cm³/mol. The maximum atomic E-state index is 12.2. The van der Waals surface area contributed by atoms with Crippen LogP contribution in [0.25, 0.3) is 0 Å². The molecule has 2 atom stereocenters. The van der Waals surface area contributed by atoms with E-state index < -0.39 is 0 Å². The van der Waals surface area contributed by atoms with E-state index in [1.54, 1.807) is 0 Å². The average Bonchev–Trinajstić information content (AvgIpc) is 2.36. The van der Waals surface area contributed by atoms with Gasteiger partial charge in [0, 0.05) is 24.8 Å². The van der Waals surface area contributed by atoms with Gasteiger partial charge in [0.15, 0.2) is 0 Å². The van der Waals surface area contributed by atoms with Crippen LogP contribution in [0.15, 0.2) is 12.3 Å². The normalized spacial score (nSPS) is 24.2. The summed E-state index contributed by atoms with van der Waals surface area (Å²) in [4.78, 5) is 18.3. The number of rotatable bonds is 2. The van der Waals surface area contributed by atoms with Crippen LogP contribution in [-0.2, 0) is 0 Å². The van der Waals surface area contributed by atoms with Crippen LogP contribution in [0.4, 0.5) is 0 Å². The molecule has 0 spiro atoms. The van der Waals surface area contributed by atoms with Crippen molar-refractivity contribution in [3.63, 3.8) is 0 Å². The highest BCUT2D eigenvalue weighted by atomic mass is 35.5. The molecule has 1 N–H and O–H groups in total. The monoisotopic (exact) mass is 301 g/mol. The van der Waals surface area contributed by atoms with Crippen LogP contribution in [0, 0.1) is 0 Å². The van der Waals surface area contributed by atoms with Crippen LogP contribution in [0.1, 0.15) is 30.1 Å². The second-order valence-electron chi connectivity index (χ2n) is 5.01. The van der Waals surface area contributed by atoms with Gasteiger partial charge in [-0.1, -0.05) is 23.2 Å². The van der Waals surface area contributed by atoms with Crippen LogP contribution >= 0.6 is 23.2 Å². The molecule has 2 rings (SSSR count). The van der Waals surface area contributed by atoms with Crippen molar-refractivity contribution >= 4 is 29.1 Å². The van der Waals surface area contributed by atoms with Crippen molar-refractivity contribution in [3.05, 3.63) is 28.0 Å². The summed E-state index contributed by atoms with van der Waals surface area (Å²) in [5, 5.41) is 3.61. The Bertz CT molecular complexity index is 481. The maximum Gasteiger partial charge on any atom is 0.253 e. The Morgan fingerprint density at radius 1 is 1.53 bits per heavy atom. The zero-order valence-electron chi connectivity index (χ0n) is 11.0. The van der Waals surface area contributed by atoms with Gasteiger partial charge in [-0.25, -0.2) is 4.98 Å². The molecule has 1 aromatic rings. The minimum absolute atomic E-state index is 0.182. The highest BCUT2D eigenvalue weighted by Crippen LogP contribution is 2.20. The molecular formula is C13H17Cl2N3O. The Balaban J connectivity index is 2.03. The fourth-order valence-corrected chi connectivity index (χ4v) is 2.62. The van der Waals surface area contributed by atoms with E-state index >= 15 is 0 Å². The largest absolute Gasteiger partial charge is 0.349 e. The second-order valence-corrected chi connectivity index (χ2v) is 5.81. The number of pyridine rings is 1. The first-order valence-corrected chi connectivity index (χ1v) is 7.05. The number of amides is 1. The minimum Gasteiger partial charge on any atom is -0.349 e. The number of carbonyl (C=O) groups excluding carboxylic acids is 1. The number of halogens is 2. The number of hydrogen-bond donors (Lipinski definition) is 1. The molecule has 0 radical (unpaired) electrons. The molecule has 6 heteroatoms. The van der Waals surface area contributed by atoms with Gasteiger partial charge >= 0.3 is 0 Å². The van der Waals surface area contributed by atoms with Crippen LogP contribution in [0.5, 0.6) is 0 Å². The van der Waals surface area contributed by atoms with Crippen LogP contribution in [-0.4, -0.2) is 41.5 Å². The van der Waals surface area contributed by atoms with Gasteiger partial charge < -0.3 is 10.2 Å². The lowest BCUT2D eigenvalue weighted by Crippen LogP contribution is -2.47. The fraction of sp³-hybridized carbons (Fsp3) is 0.538. The lowest BCUT2D eigenvalue weighted by atomic mass is 9.98. The number of likely N-dealkylation sites (tertiary alicyclic amines) is 1. The van der Waals surface area contributed by atoms with Gasteiger partial charge in [-0.2, -0.15) is 0 Å². The molecule has 2 heterocycles. The van der Waals surface area contributed by atoms with E-state index in [1.807, 2.05) is 0 Å². The number of piperidine rings is 1. The molecule has 1 amide bonds. The molecule has 0 aromatic carbocycles. The van der Waals surface area contributed by atoms with Gasteiger partial charge in [0.1, 0.15) is 5.15 Å². The van der Waals surface area contributed by atoms with Gasteiger partial charge in [-0.15, -0.1) is 0 Å². The van der Waals surface area contributed by atoms with Crippen molar-refractivity contribution in [1.29, 1.82) is 0 Å². The smallest absolute Gasteiger partial charge is 0.253 e. The summed E-state index contributed by atoms with van der Waals surface area (Å²) < 4.78 is 0. The maximum absolute atomic E-state index is 12.2. The Hall–Kier alpha value is -0.840. The predicted octanol–water partition coefficient (Wildman–Crippen LogP) is 2.60. The molecule has 1 aromatic heterocycles. The van der Waals surface area contributed by atoms with Crippen molar-refractivity contribution in [2.24, 2.45) is 0 Å². The lowest BCUT2D eigenvalue weighted by molar-refractivity contribution is 0.0896. The number of nitrogens with zero attached hydrogens (tertiary/aromatic N) is 2. The molecule has 1 saturated heterocycles. The SMILES string of the molecule is CC1CC(NC(=O)c2cc(Cl)ncc2Cl)CCN1C. The summed E-state index contributed by atoms with van der Waals surface area (Å²) in [6, 6.07) is 2.15. The van der Waals surface area contributed by atoms with Gasteiger partial charge in [0.2, 0.25) is 0 Å². The van der Waals surface area contributed by atoms with Crippen molar-refractivity contribution in [1.82, 2.24) is 15.2 Å². The minimum atomic E-state index is -0.184. The molecule has 19 heavy (non-hydrogen) atoms. The Morgan fingerprint density at radius 3 is 2.95 bits per heavy atom. The summed E-state index contributed by atoms with van der Waals surface area (Å²) in [6.07, 6.45) is 3.29. The summed E-state index contributed by atoms with van der Waals surface area (Å²) in [6.45, 7) is 3.14. The molecule has 0 bridgehead atoms. The molecule has 1 aliphatic heterocycles. The highest BCUT2D eigenvalue weighted by molar-refractivity contribution is 6.35. The Morgan fingerprint density at radius 2 is 2.26 bits per heavy atom. The molecule has 1 fully saturated rings. The van der Waals surface area contributed by atoms with E-state index in [2.05, 4.69) is 29.2 Å². The Kier molecular flexibility index (Phi) is 4.66. The third kappa shape index (κ3) is 3.59. The quantitative estimate of drug-likeness (QED) is 0.854. The standard InChI is InChI=1S/C13H17Cl2N3O/c1-8-5-9(3-4-18(8)2)17-13(19)10-6-12(15)16-7-11(10)14/h6-9H,3-5H2,1-2H3,(H,17,19). The summed E-state index contributed by atoms with van der Waals surface area (Å²) in [7, 11) is 2.10. The summed E-state index contributed by atoms with van der Waals surface area (Å²) in [5.41, 5.74) is 0.383. The highest BCUT2D eigenvalue weighted by Gasteiger charge is 2.24. The number of hydrogen-bond acceptors (Lipinski definition) is 3. The van der Waals surface area contributed by atoms with E-state index in [1.165, 1.54) is 12.3 Å². The molecule has 1 aliphatic rings. The zero-order chi connectivity index (χ0) is 14.0. The van der Waals surface area contributed by atoms with Crippen molar-refractivity contribution in [3.8, 4) is 0 Å². The van der Waals surface area contributed by atoms with Crippen molar-refractivity contribution in [2.45, 2.75) is 31.8 Å². The van der Waals surface area contributed by atoms with Crippen molar-refractivity contribution < 1.29 is 4.79 Å². The summed E-state index contributed by atoms with van der Waals surface area (Å²) in [5.74, 6) is -0.184. The second kappa shape index (κ2) is 6.07.